The fraction of sp³-hybridized carbons (Fsp3) is 0.406. The number of fused-ring (bicyclic) bond motifs is 1. The van der Waals surface area contributed by atoms with Crippen LogP contribution >= 0.6 is 27.5 Å². The van der Waals surface area contributed by atoms with E-state index in [0.29, 0.717) is 16.8 Å². The van der Waals surface area contributed by atoms with Gasteiger partial charge in [0.15, 0.2) is 0 Å². The van der Waals surface area contributed by atoms with Gasteiger partial charge in [-0.2, -0.15) is 0 Å². The van der Waals surface area contributed by atoms with E-state index in [-0.39, 0.29) is 11.5 Å². The molecule has 7 heteroatoms. The zero-order valence-corrected chi connectivity index (χ0v) is 24.4. The summed E-state index contributed by atoms with van der Waals surface area (Å²) in [5, 5.41) is 4.39. The van der Waals surface area contributed by atoms with Crippen molar-refractivity contribution in [1.82, 2.24) is 10.2 Å². The Kier molecular flexibility index (Phi) is 7.77. The van der Waals surface area contributed by atoms with Crippen molar-refractivity contribution in [3.63, 3.8) is 0 Å². The minimum atomic E-state index is -0.345. The van der Waals surface area contributed by atoms with Gasteiger partial charge in [-0.05, 0) is 65.2 Å². The van der Waals surface area contributed by atoms with Gasteiger partial charge in [0.05, 0.1) is 21.3 Å². The number of halogens is 2. The molecule has 0 radical (unpaired) electrons. The summed E-state index contributed by atoms with van der Waals surface area (Å²) in [6.07, 6.45) is 11.4. The summed E-state index contributed by atoms with van der Waals surface area (Å²) < 4.78 is 0.909. The van der Waals surface area contributed by atoms with Crippen LogP contribution in [0.3, 0.4) is 0 Å². The second-order valence-corrected chi connectivity index (χ2v) is 12.4. The fourth-order valence-electron chi connectivity index (χ4n) is 6.54. The van der Waals surface area contributed by atoms with Crippen LogP contribution in [0.5, 0.6) is 0 Å². The SMILES string of the molecule is O=C(N1CCC(CNC2=CC(c3ccccc3Cl)=NC3=C(Br)C=NC23)CC1)C1(c2ccccc2)CCCCC1. The predicted octanol–water partition coefficient (Wildman–Crippen LogP) is 6.82. The zero-order valence-electron chi connectivity index (χ0n) is 22.1. The van der Waals surface area contributed by atoms with Crippen LogP contribution < -0.4 is 5.32 Å². The number of amides is 1. The lowest BCUT2D eigenvalue weighted by molar-refractivity contribution is -0.140. The minimum Gasteiger partial charge on any atom is -0.386 e. The number of hydrogen-bond acceptors (Lipinski definition) is 4. The Bertz CT molecular complexity index is 1350. The van der Waals surface area contributed by atoms with Crippen LogP contribution in [0, 0.1) is 5.92 Å². The number of rotatable bonds is 6. The van der Waals surface area contributed by atoms with Crippen molar-refractivity contribution >= 4 is 45.4 Å². The Morgan fingerprint density at radius 2 is 1.74 bits per heavy atom. The van der Waals surface area contributed by atoms with E-state index in [0.717, 1.165) is 85.3 Å². The molecule has 202 valence electrons. The first-order chi connectivity index (χ1) is 19.0. The van der Waals surface area contributed by atoms with Crippen LogP contribution in [-0.2, 0) is 10.2 Å². The average Bonchev–Trinajstić information content (AvgIpc) is 3.37. The third-order valence-corrected chi connectivity index (χ3v) is 9.70. The molecule has 1 unspecified atom stereocenters. The van der Waals surface area contributed by atoms with Crippen LogP contribution in [0.2, 0.25) is 5.02 Å². The average molecular weight is 606 g/mol. The molecular weight excluding hydrogens is 572 g/mol. The number of nitrogens with zero attached hydrogens (tertiary/aromatic N) is 3. The molecule has 2 fully saturated rings. The first kappa shape index (κ1) is 26.5. The first-order valence-corrected chi connectivity index (χ1v) is 15.3. The Balaban J connectivity index is 1.12. The molecule has 3 aliphatic heterocycles. The highest BCUT2D eigenvalue weighted by molar-refractivity contribution is 9.12. The molecule has 0 bridgehead atoms. The van der Waals surface area contributed by atoms with Crippen LogP contribution in [0.15, 0.2) is 86.5 Å². The zero-order chi connectivity index (χ0) is 26.8. The largest absolute Gasteiger partial charge is 0.386 e. The molecule has 0 aromatic heterocycles. The quantitative estimate of drug-likeness (QED) is 0.393. The third kappa shape index (κ3) is 5.26. The van der Waals surface area contributed by atoms with Gasteiger partial charge in [-0.3, -0.25) is 9.79 Å². The molecule has 5 nitrogen and oxygen atoms in total. The highest BCUT2D eigenvalue weighted by Crippen LogP contribution is 2.42. The second-order valence-electron chi connectivity index (χ2n) is 11.1. The van der Waals surface area contributed by atoms with Crippen molar-refractivity contribution < 1.29 is 4.79 Å². The number of likely N-dealkylation sites (tertiary alicyclic amines) is 1. The Morgan fingerprint density at radius 3 is 2.49 bits per heavy atom. The van der Waals surface area contributed by atoms with E-state index < -0.39 is 0 Å². The summed E-state index contributed by atoms with van der Waals surface area (Å²) in [4.78, 5) is 25.7. The van der Waals surface area contributed by atoms with Crippen LogP contribution in [-0.4, -0.2) is 48.4 Å². The molecule has 6 rings (SSSR count). The molecule has 1 N–H and O–H groups in total. The number of piperidine rings is 1. The Morgan fingerprint density at radius 1 is 1.03 bits per heavy atom. The van der Waals surface area contributed by atoms with Crippen molar-refractivity contribution in [2.75, 3.05) is 19.6 Å². The molecule has 39 heavy (non-hydrogen) atoms. The van der Waals surface area contributed by atoms with Gasteiger partial charge in [0, 0.05) is 42.1 Å². The van der Waals surface area contributed by atoms with E-state index in [2.05, 4.69) is 61.5 Å². The summed E-state index contributed by atoms with van der Waals surface area (Å²) >= 11 is 10.1. The van der Waals surface area contributed by atoms with E-state index in [1.807, 2.05) is 36.5 Å². The maximum absolute atomic E-state index is 14.0. The molecule has 2 aromatic carbocycles. The highest BCUT2D eigenvalue weighted by atomic mass is 79.9. The maximum Gasteiger partial charge on any atom is 0.233 e. The van der Waals surface area contributed by atoms with Crippen molar-refractivity contribution in [1.29, 1.82) is 0 Å². The number of dihydropyridines is 1. The molecule has 1 aliphatic carbocycles. The molecule has 1 saturated heterocycles. The number of carbonyl (C=O) groups excluding carboxylic acids is 1. The summed E-state index contributed by atoms with van der Waals surface area (Å²) in [5.74, 6) is 0.841. The molecule has 1 atom stereocenters. The van der Waals surface area contributed by atoms with Gasteiger partial charge in [-0.25, -0.2) is 4.99 Å². The standard InChI is InChI=1S/C32H34BrClN4O/c33-25-21-36-30-28(19-27(37-29(25)30)24-11-5-6-12-26(24)34)35-20-22-13-17-38(18-14-22)31(39)32(15-7-2-8-16-32)23-9-3-1-4-10-23/h1,3-6,9-12,19,21-22,30,35H,2,7-8,13-18,20H2. The molecule has 1 amide bonds. The molecule has 4 aliphatic rings. The molecular formula is C32H34BrClN4O. The fourth-order valence-corrected chi connectivity index (χ4v) is 7.19. The van der Waals surface area contributed by atoms with Gasteiger partial charge in [-0.15, -0.1) is 0 Å². The Hall–Kier alpha value is -2.70. The second kappa shape index (κ2) is 11.4. The molecule has 1 saturated carbocycles. The normalized spacial score (nSPS) is 22.8. The first-order valence-electron chi connectivity index (χ1n) is 14.1. The van der Waals surface area contributed by atoms with Crippen LogP contribution in [0.4, 0.5) is 0 Å². The van der Waals surface area contributed by atoms with E-state index in [9.17, 15) is 4.79 Å². The summed E-state index contributed by atoms with van der Waals surface area (Å²) in [7, 11) is 0. The number of benzene rings is 2. The molecule has 0 spiro atoms. The number of aliphatic imine (C=N–C) groups is 2. The maximum atomic E-state index is 14.0. The van der Waals surface area contributed by atoms with Gasteiger partial charge >= 0.3 is 0 Å². The van der Waals surface area contributed by atoms with Crippen molar-refractivity contribution in [3.05, 3.63) is 92.7 Å². The predicted molar refractivity (Wildman–Crippen MR) is 163 cm³/mol. The van der Waals surface area contributed by atoms with Gasteiger partial charge in [0.1, 0.15) is 6.04 Å². The van der Waals surface area contributed by atoms with Crippen molar-refractivity contribution in [2.24, 2.45) is 15.9 Å². The molecule has 2 aromatic rings. The number of nitrogens with one attached hydrogen (secondary N) is 1. The number of carbonyl (C=O) groups is 1. The number of allylic oxidation sites excluding steroid dienone is 2. The van der Waals surface area contributed by atoms with Crippen molar-refractivity contribution in [3.8, 4) is 0 Å². The summed E-state index contributed by atoms with van der Waals surface area (Å²) in [6.45, 7) is 2.50. The number of hydrogen-bond donors (Lipinski definition) is 1. The third-order valence-electron chi connectivity index (χ3n) is 8.76. The van der Waals surface area contributed by atoms with E-state index in [1.54, 1.807) is 0 Å². The summed E-state index contributed by atoms with van der Waals surface area (Å²) in [6, 6.07) is 18.2. The van der Waals surface area contributed by atoms with Gasteiger partial charge in [0.2, 0.25) is 5.91 Å². The summed E-state index contributed by atoms with van der Waals surface area (Å²) in [5.41, 5.74) is 4.57. The van der Waals surface area contributed by atoms with Gasteiger partial charge in [-0.1, -0.05) is 79.4 Å². The van der Waals surface area contributed by atoms with Crippen LogP contribution in [0.1, 0.15) is 56.1 Å². The van der Waals surface area contributed by atoms with Gasteiger partial charge < -0.3 is 10.2 Å². The van der Waals surface area contributed by atoms with E-state index in [1.165, 1.54) is 12.0 Å². The topological polar surface area (TPSA) is 57.1 Å². The van der Waals surface area contributed by atoms with Crippen molar-refractivity contribution in [2.45, 2.75) is 56.4 Å². The van der Waals surface area contributed by atoms with Gasteiger partial charge in [0.25, 0.3) is 0 Å². The highest BCUT2D eigenvalue weighted by Gasteiger charge is 2.44. The monoisotopic (exact) mass is 604 g/mol. The smallest absolute Gasteiger partial charge is 0.233 e. The lowest BCUT2D eigenvalue weighted by atomic mass is 9.68. The lowest BCUT2D eigenvalue weighted by Gasteiger charge is -2.42. The lowest BCUT2D eigenvalue weighted by Crippen LogP contribution is -2.51. The molecule has 3 heterocycles. The van der Waals surface area contributed by atoms with E-state index in [4.69, 9.17) is 16.6 Å². The van der Waals surface area contributed by atoms with Crippen LogP contribution in [0.25, 0.3) is 0 Å². The van der Waals surface area contributed by atoms with E-state index >= 15 is 0 Å². The minimum absolute atomic E-state index is 0.121. The Labute approximate surface area is 244 Å².